The first kappa shape index (κ1) is 39.1. The molecule has 1 heteroatoms. The van der Waals surface area contributed by atoms with Crippen LogP contribution in [0.1, 0.15) is 137 Å². The van der Waals surface area contributed by atoms with E-state index in [2.05, 4.69) is 178 Å². The fourth-order valence-electron chi connectivity index (χ4n) is 7.66. The van der Waals surface area contributed by atoms with Crippen molar-refractivity contribution in [1.29, 1.82) is 0 Å². The van der Waals surface area contributed by atoms with E-state index >= 15 is 0 Å². The van der Waals surface area contributed by atoms with Gasteiger partial charge in [0, 0.05) is 0 Å². The molecule has 0 aliphatic heterocycles. The highest BCUT2D eigenvalue weighted by molar-refractivity contribution is 5.50. The Morgan fingerprint density at radius 1 is 0.423 bits per heavy atom. The zero-order chi connectivity index (χ0) is 37.7. The maximum atomic E-state index is 11.1. The highest BCUT2D eigenvalue weighted by Crippen LogP contribution is 2.40. The normalized spacial score (nSPS) is 13.0. The van der Waals surface area contributed by atoms with Crippen LogP contribution in [0.2, 0.25) is 0 Å². The Kier molecular flexibility index (Phi) is 12.2. The quantitative estimate of drug-likeness (QED) is 0.138. The van der Waals surface area contributed by atoms with Gasteiger partial charge in [0.05, 0.1) is 0 Å². The van der Waals surface area contributed by atoms with Gasteiger partial charge in [-0.2, -0.15) is 0 Å². The zero-order valence-electron chi connectivity index (χ0n) is 33.9. The molecule has 5 aromatic carbocycles. The molecule has 1 nitrogen and oxygen atoms in total. The third-order valence-electron chi connectivity index (χ3n) is 10.3. The van der Waals surface area contributed by atoms with Gasteiger partial charge >= 0.3 is 0 Å². The van der Waals surface area contributed by atoms with Crippen LogP contribution in [-0.4, -0.2) is 5.11 Å². The van der Waals surface area contributed by atoms with Gasteiger partial charge in [-0.25, -0.2) is 0 Å². The van der Waals surface area contributed by atoms with E-state index in [1.165, 1.54) is 56.5 Å². The summed E-state index contributed by atoms with van der Waals surface area (Å²) < 4.78 is 0. The Labute approximate surface area is 316 Å². The second kappa shape index (κ2) is 16.3. The van der Waals surface area contributed by atoms with Gasteiger partial charge in [0.15, 0.2) is 0 Å². The first-order valence-electron chi connectivity index (χ1n) is 19.6. The lowest BCUT2D eigenvalue weighted by atomic mass is 9.78. The van der Waals surface area contributed by atoms with Crippen molar-refractivity contribution in [2.75, 3.05) is 0 Å². The molecule has 0 amide bonds. The molecule has 0 saturated carbocycles. The Balaban J connectivity index is 1.11. The van der Waals surface area contributed by atoms with Gasteiger partial charge in [-0.05, 0) is 128 Å². The molecule has 1 unspecified atom stereocenters. The number of rotatable bonds is 12. The van der Waals surface area contributed by atoms with E-state index in [9.17, 15) is 5.11 Å². The molecule has 0 bridgehead atoms. The third kappa shape index (κ3) is 11.4. The van der Waals surface area contributed by atoms with Crippen LogP contribution >= 0.6 is 0 Å². The Morgan fingerprint density at radius 2 is 0.712 bits per heavy atom. The number of hydrogen-bond acceptors (Lipinski definition) is 1. The summed E-state index contributed by atoms with van der Waals surface area (Å²) in [4.78, 5) is 0. The van der Waals surface area contributed by atoms with E-state index in [1.54, 1.807) is 0 Å². The van der Waals surface area contributed by atoms with Crippen LogP contribution in [0.3, 0.4) is 0 Å². The molecule has 0 saturated heterocycles. The molecule has 0 spiro atoms. The predicted molar refractivity (Wildman–Crippen MR) is 224 cm³/mol. The zero-order valence-corrected chi connectivity index (χ0v) is 33.9. The number of aromatic hydroxyl groups is 1. The minimum Gasteiger partial charge on any atom is -0.507 e. The Morgan fingerprint density at radius 3 is 1.02 bits per heavy atom. The first-order valence-corrected chi connectivity index (χ1v) is 19.6. The van der Waals surface area contributed by atoms with Crippen molar-refractivity contribution >= 4 is 0 Å². The molecule has 1 N–H and O–H groups in total. The average molecular weight is 693 g/mol. The first-order chi connectivity index (χ1) is 24.4. The Bertz CT molecular complexity index is 1830. The van der Waals surface area contributed by atoms with Crippen molar-refractivity contribution in [2.45, 2.75) is 125 Å². The average Bonchev–Trinajstić information content (AvgIpc) is 3.06. The van der Waals surface area contributed by atoms with Gasteiger partial charge in [0.25, 0.3) is 0 Å². The van der Waals surface area contributed by atoms with Gasteiger partial charge in [-0.15, -0.1) is 0 Å². The van der Waals surface area contributed by atoms with Gasteiger partial charge in [-0.1, -0.05) is 178 Å². The van der Waals surface area contributed by atoms with Crippen LogP contribution in [-0.2, 0) is 49.4 Å². The van der Waals surface area contributed by atoms with Crippen LogP contribution < -0.4 is 0 Å². The molecule has 274 valence electrons. The summed E-state index contributed by atoms with van der Waals surface area (Å²) >= 11 is 0. The summed E-state index contributed by atoms with van der Waals surface area (Å²) in [5, 5.41) is 11.1. The smallest absolute Gasteiger partial charge is 0.123 e. The van der Waals surface area contributed by atoms with Crippen molar-refractivity contribution in [3.05, 3.63) is 170 Å². The number of aryl methyl sites for hydroxylation is 2. The van der Waals surface area contributed by atoms with Gasteiger partial charge < -0.3 is 5.11 Å². The van der Waals surface area contributed by atoms with Gasteiger partial charge in [-0.3, -0.25) is 0 Å². The van der Waals surface area contributed by atoms with E-state index < -0.39 is 0 Å². The van der Waals surface area contributed by atoms with Crippen molar-refractivity contribution in [2.24, 2.45) is 11.3 Å². The van der Waals surface area contributed by atoms with Gasteiger partial charge in [0.2, 0.25) is 0 Å². The van der Waals surface area contributed by atoms with E-state index in [0.29, 0.717) is 17.1 Å². The fourth-order valence-corrected chi connectivity index (χ4v) is 7.66. The summed E-state index contributed by atoms with van der Waals surface area (Å²) in [5.41, 5.74) is 14.5. The topological polar surface area (TPSA) is 20.2 Å². The SMILES string of the molecule is CC(Cc1ccc(Cc2ccc(Cc3ccc(Cc4ccc(CCc5cc(C(C)(C)C)c(O)c(C(C)(C)C)c5)cc4)cc3)cc2)cc1)CC(C)(C)C. The summed E-state index contributed by atoms with van der Waals surface area (Å²) in [6.07, 6.45) is 7.22. The van der Waals surface area contributed by atoms with Gasteiger partial charge in [0.1, 0.15) is 5.75 Å². The third-order valence-corrected chi connectivity index (χ3v) is 10.3. The molecule has 0 aromatic heterocycles. The van der Waals surface area contributed by atoms with E-state index in [0.717, 1.165) is 49.7 Å². The van der Waals surface area contributed by atoms with Crippen LogP contribution in [0.4, 0.5) is 0 Å². The summed E-state index contributed by atoms with van der Waals surface area (Å²) in [6.45, 7) is 22.5. The molecule has 0 aliphatic rings. The molecule has 0 fully saturated rings. The summed E-state index contributed by atoms with van der Waals surface area (Å²) in [5.74, 6) is 1.16. The van der Waals surface area contributed by atoms with Crippen molar-refractivity contribution in [1.82, 2.24) is 0 Å². The van der Waals surface area contributed by atoms with Crippen LogP contribution in [0.15, 0.2) is 109 Å². The predicted octanol–water partition coefficient (Wildman–Crippen LogP) is 13.2. The molecule has 52 heavy (non-hydrogen) atoms. The van der Waals surface area contributed by atoms with Crippen molar-refractivity contribution in [3.63, 3.8) is 0 Å². The molecule has 1 atom stereocenters. The monoisotopic (exact) mass is 692 g/mol. The largest absolute Gasteiger partial charge is 0.507 e. The fraction of sp³-hybridized carbons (Fsp3) is 0.412. The second-order valence-electron chi connectivity index (χ2n) is 18.9. The standard InChI is InChI=1S/C51H64O/c1-36(35-49(2,3)4)29-38-16-18-40(19-17-38)31-42-24-26-44(27-25-42)32-43-22-20-41(21-23-43)30-39-14-11-37(12-15-39)13-28-45-33-46(50(5,6)7)48(52)47(34-45)51(8,9)10/h11-12,14-27,33-34,36,52H,13,28-32,35H2,1-10H3. The minimum absolute atomic E-state index is 0.107. The lowest BCUT2D eigenvalue weighted by Crippen LogP contribution is -2.18. The van der Waals surface area contributed by atoms with Crippen molar-refractivity contribution < 1.29 is 5.11 Å². The van der Waals surface area contributed by atoms with Crippen LogP contribution in [0.5, 0.6) is 5.75 Å². The Hall–Kier alpha value is -4.10. The maximum Gasteiger partial charge on any atom is 0.123 e. The summed E-state index contributed by atoms with van der Waals surface area (Å²) in [6, 6.07) is 41.2. The molecule has 5 aromatic rings. The van der Waals surface area contributed by atoms with Crippen molar-refractivity contribution in [3.8, 4) is 5.75 Å². The van der Waals surface area contributed by atoms with E-state index in [4.69, 9.17) is 0 Å². The molecular formula is C51H64O. The molecular weight excluding hydrogens is 629 g/mol. The maximum absolute atomic E-state index is 11.1. The van der Waals surface area contributed by atoms with Crippen LogP contribution in [0.25, 0.3) is 0 Å². The lowest BCUT2D eigenvalue weighted by molar-refractivity contribution is 0.306. The number of hydrogen-bond donors (Lipinski definition) is 1. The number of benzene rings is 5. The number of phenols is 1. The number of phenolic OH excluding ortho intramolecular Hbond substituents is 1. The second-order valence-corrected chi connectivity index (χ2v) is 18.9. The molecule has 5 rings (SSSR count). The van der Waals surface area contributed by atoms with E-state index in [-0.39, 0.29) is 10.8 Å². The highest BCUT2D eigenvalue weighted by Gasteiger charge is 2.26. The highest BCUT2D eigenvalue weighted by atomic mass is 16.3. The molecule has 0 radical (unpaired) electrons. The van der Waals surface area contributed by atoms with E-state index in [1.807, 2.05) is 0 Å². The lowest BCUT2D eigenvalue weighted by Gasteiger charge is -2.28. The minimum atomic E-state index is -0.107. The molecule has 0 heterocycles. The van der Waals surface area contributed by atoms with Crippen LogP contribution in [0, 0.1) is 11.3 Å². The summed E-state index contributed by atoms with van der Waals surface area (Å²) in [7, 11) is 0. The molecule has 0 aliphatic carbocycles.